The molecule has 4 aliphatic heterocycles. The predicted octanol–water partition coefficient (Wildman–Crippen LogP) is 2.15. The first-order valence-electron chi connectivity index (χ1n) is 14.0. The number of ether oxygens (including phenoxy) is 1. The standard InChI is InChI=1S/C28H48N6O5/c1-23(2)15-27(16-24(3,4)31(23)9)19(35)33(21(37)29-27)11-13-39-14-12-34-20(36)28(30-22(34)38)17-25(5,6)32(10)26(7,8)18-28/h11-18H2,1-10H3,(H,29,37)(H,30,38). The van der Waals surface area contributed by atoms with Crippen molar-refractivity contribution >= 4 is 23.9 Å². The molecule has 2 N–H and O–H groups in total. The summed E-state index contributed by atoms with van der Waals surface area (Å²) in [6, 6.07) is -0.799. The SMILES string of the molecule is CN1C(C)(C)CC2(CC1(C)C)NC(=O)N(CCOCCN1C(=O)NC3(CC(C)(C)N(C)C(C)(C)C3)C1=O)C2=O. The summed E-state index contributed by atoms with van der Waals surface area (Å²) >= 11 is 0. The Morgan fingerprint density at radius 3 is 1.15 bits per heavy atom. The van der Waals surface area contributed by atoms with Gasteiger partial charge in [-0.05, 0) is 95.2 Å². The normalized spacial score (nSPS) is 28.9. The molecule has 0 aromatic heterocycles. The minimum atomic E-state index is -0.930. The molecule has 4 aliphatic rings. The van der Waals surface area contributed by atoms with Crippen molar-refractivity contribution in [3.63, 3.8) is 0 Å². The minimum absolute atomic E-state index is 0.113. The molecule has 0 aromatic rings. The number of carbonyl (C=O) groups excluding carboxylic acids is 4. The summed E-state index contributed by atoms with van der Waals surface area (Å²) in [7, 11) is 4.11. The molecule has 0 bridgehead atoms. The van der Waals surface area contributed by atoms with Crippen LogP contribution in [0, 0.1) is 0 Å². The van der Waals surface area contributed by atoms with Gasteiger partial charge in [0.2, 0.25) is 0 Å². The molecule has 11 heteroatoms. The maximum absolute atomic E-state index is 13.5. The molecule has 0 atom stereocenters. The van der Waals surface area contributed by atoms with Crippen molar-refractivity contribution in [2.45, 2.75) is 114 Å². The Morgan fingerprint density at radius 1 is 0.590 bits per heavy atom. The van der Waals surface area contributed by atoms with Crippen LogP contribution in [-0.4, -0.2) is 117 Å². The number of rotatable bonds is 6. The molecule has 4 fully saturated rings. The topological polar surface area (TPSA) is 115 Å². The summed E-state index contributed by atoms with van der Waals surface area (Å²) in [5, 5.41) is 5.99. The van der Waals surface area contributed by atoms with Gasteiger partial charge in [0.25, 0.3) is 11.8 Å². The zero-order valence-corrected chi connectivity index (χ0v) is 25.5. The molecule has 2 spiro atoms. The van der Waals surface area contributed by atoms with Crippen molar-refractivity contribution < 1.29 is 23.9 Å². The molecule has 0 radical (unpaired) electrons. The Morgan fingerprint density at radius 2 is 0.872 bits per heavy atom. The van der Waals surface area contributed by atoms with Crippen molar-refractivity contribution in [2.24, 2.45) is 0 Å². The lowest BCUT2D eigenvalue weighted by molar-refractivity contribution is -0.140. The van der Waals surface area contributed by atoms with Gasteiger partial charge in [0.1, 0.15) is 11.1 Å². The number of carbonyl (C=O) groups is 4. The van der Waals surface area contributed by atoms with E-state index in [-0.39, 0.29) is 60.3 Å². The third-order valence-corrected chi connectivity index (χ3v) is 9.98. The van der Waals surface area contributed by atoms with Crippen LogP contribution in [0.3, 0.4) is 0 Å². The van der Waals surface area contributed by atoms with Crippen molar-refractivity contribution in [3.05, 3.63) is 0 Å². The largest absolute Gasteiger partial charge is 0.378 e. The van der Waals surface area contributed by atoms with Crippen molar-refractivity contribution in [1.82, 2.24) is 30.2 Å². The van der Waals surface area contributed by atoms with E-state index in [1.807, 2.05) is 0 Å². The fraction of sp³-hybridized carbons (Fsp3) is 0.857. The van der Waals surface area contributed by atoms with Crippen LogP contribution in [0.2, 0.25) is 0 Å². The number of amides is 6. The molecular formula is C28H48N6O5. The molecule has 6 amide bonds. The Kier molecular flexibility index (Phi) is 6.97. The zero-order valence-electron chi connectivity index (χ0n) is 25.5. The second-order valence-corrected chi connectivity index (χ2v) is 14.6. The van der Waals surface area contributed by atoms with Crippen LogP contribution in [0.15, 0.2) is 0 Å². The van der Waals surface area contributed by atoms with Gasteiger partial charge in [-0.1, -0.05) is 0 Å². The van der Waals surface area contributed by atoms with E-state index >= 15 is 0 Å². The van der Waals surface area contributed by atoms with Gasteiger partial charge in [-0.2, -0.15) is 0 Å². The lowest BCUT2D eigenvalue weighted by atomic mass is 9.69. The smallest absolute Gasteiger partial charge is 0.325 e. The van der Waals surface area contributed by atoms with Crippen LogP contribution in [0.4, 0.5) is 9.59 Å². The van der Waals surface area contributed by atoms with Gasteiger partial charge in [-0.3, -0.25) is 29.2 Å². The molecule has 0 aliphatic carbocycles. The third kappa shape index (κ3) is 4.84. The number of piperidine rings is 2. The van der Waals surface area contributed by atoms with E-state index in [2.05, 4.69) is 89.9 Å². The lowest BCUT2D eigenvalue weighted by Gasteiger charge is -2.56. The highest BCUT2D eigenvalue weighted by Crippen LogP contribution is 2.46. The maximum Gasteiger partial charge on any atom is 0.325 e. The quantitative estimate of drug-likeness (QED) is 0.386. The van der Waals surface area contributed by atoms with Gasteiger partial charge in [-0.25, -0.2) is 9.59 Å². The van der Waals surface area contributed by atoms with Crippen molar-refractivity contribution in [2.75, 3.05) is 40.4 Å². The van der Waals surface area contributed by atoms with E-state index in [0.29, 0.717) is 25.7 Å². The number of nitrogens with zero attached hydrogens (tertiary/aromatic N) is 4. The molecule has 11 nitrogen and oxygen atoms in total. The van der Waals surface area contributed by atoms with Crippen molar-refractivity contribution in [3.8, 4) is 0 Å². The van der Waals surface area contributed by atoms with Crippen LogP contribution in [0.5, 0.6) is 0 Å². The highest BCUT2D eigenvalue weighted by Gasteiger charge is 2.61. The molecule has 0 saturated carbocycles. The minimum Gasteiger partial charge on any atom is -0.378 e. The summed E-state index contributed by atoms with van der Waals surface area (Å²) < 4.78 is 5.74. The van der Waals surface area contributed by atoms with Crippen LogP contribution >= 0.6 is 0 Å². The van der Waals surface area contributed by atoms with Crippen LogP contribution in [0.25, 0.3) is 0 Å². The number of nitrogens with one attached hydrogen (secondary N) is 2. The van der Waals surface area contributed by atoms with Gasteiger partial charge in [0.15, 0.2) is 0 Å². The first kappa shape index (κ1) is 29.7. The average molecular weight is 549 g/mol. The molecule has 4 heterocycles. The first-order valence-corrected chi connectivity index (χ1v) is 14.0. The second-order valence-electron chi connectivity index (χ2n) is 14.6. The average Bonchev–Trinajstić information content (AvgIpc) is 3.12. The molecule has 0 aromatic carbocycles. The molecule has 39 heavy (non-hydrogen) atoms. The summed E-state index contributed by atoms with van der Waals surface area (Å²) in [5.41, 5.74) is -2.93. The van der Waals surface area contributed by atoms with E-state index in [9.17, 15) is 19.2 Å². The van der Waals surface area contributed by atoms with E-state index in [0.717, 1.165) is 0 Å². The summed E-state index contributed by atoms with van der Waals surface area (Å²) in [6.45, 7) is 17.2. The number of hydrogen-bond acceptors (Lipinski definition) is 7. The Labute approximate surface area is 232 Å². The van der Waals surface area contributed by atoms with Crippen LogP contribution in [0.1, 0.15) is 81.1 Å². The van der Waals surface area contributed by atoms with E-state index in [1.165, 1.54) is 9.80 Å². The van der Waals surface area contributed by atoms with Gasteiger partial charge in [0.05, 0.1) is 26.3 Å². The van der Waals surface area contributed by atoms with Crippen molar-refractivity contribution in [1.29, 1.82) is 0 Å². The third-order valence-electron chi connectivity index (χ3n) is 9.98. The number of urea groups is 2. The van der Waals surface area contributed by atoms with Gasteiger partial charge in [-0.15, -0.1) is 0 Å². The number of hydrogen-bond donors (Lipinski definition) is 2. The Balaban J connectivity index is 1.32. The van der Waals surface area contributed by atoms with Gasteiger partial charge >= 0.3 is 12.1 Å². The van der Waals surface area contributed by atoms with Crippen LogP contribution in [-0.2, 0) is 14.3 Å². The van der Waals surface area contributed by atoms with Crippen LogP contribution < -0.4 is 10.6 Å². The fourth-order valence-corrected chi connectivity index (χ4v) is 7.84. The monoisotopic (exact) mass is 548 g/mol. The summed E-state index contributed by atoms with van der Waals surface area (Å²) in [5.74, 6) is -0.428. The fourth-order valence-electron chi connectivity index (χ4n) is 7.84. The molecule has 220 valence electrons. The molecule has 4 saturated heterocycles. The highest BCUT2D eigenvalue weighted by molar-refractivity contribution is 6.08. The predicted molar refractivity (Wildman–Crippen MR) is 147 cm³/mol. The second kappa shape index (κ2) is 9.14. The van der Waals surface area contributed by atoms with E-state index in [1.54, 1.807) is 0 Å². The Hall–Kier alpha value is -2.24. The zero-order chi connectivity index (χ0) is 29.4. The molecule has 4 rings (SSSR count). The van der Waals surface area contributed by atoms with E-state index < -0.39 is 23.1 Å². The molecule has 0 unspecified atom stereocenters. The number of likely N-dealkylation sites (tertiary alicyclic amines) is 2. The first-order chi connectivity index (χ1) is 17.7. The summed E-state index contributed by atoms with van der Waals surface area (Å²) in [6.07, 6.45) is 2.11. The van der Waals surface area contributed by atoms with Gasteiger partial charge < -0.3 is 15.4 Å². The molecular weight excluding hydrogens is 500 g/mol. The van der Waals surface area contributed by atoms with E-state index in [4.69, 9.17) is 4.74 Å². The van der Waals surface area contributed by atoms with Gasteiger partial charge in [0, 0.05) is 22.2 Å². The summed E-state index contributed by atoms with van der Waals surface area (Å²) in [4.78, 5) is 59.7. The number of imide groups is 2. The maximum atomic E-state index is 13.5. The lowest BCUT2D eigenvalue weighted by Crippen LogP contribution is -2.68. The Bertz CT molecular complexity index is 949. The highest BCUT2D eigenvalue weighted by atomic mass is 16.5.